The van der Waals surface area contributed by atoms with Gasteiger partial charge in [0.25, 0.3) is 10.0 Å². The Hall–Kier alpha value is -1.82. The predicted molar refractivity (Wildman–Crippen MR) is 103 cm³/mol. The first kappa shape index (κ1) is 18.5. The lowest BCUT2D eigenvalue weighted by Gasteiger charge is -2.36. The number of hydrogen-bond acceptors (Lipinski definition) is 4. The number of esters is 1. The van der Waals surface area contributed by atoms with Crippen LogP contribution in [-0.2, 0) is 19.6 Å². The van der Waals surface area contributed by atoms with Crippen molar-refractivity contribution in [2.75, 3.05) is 6.54 Å². The van der Waals surface area contributed by atoms with Crippen LogP contribution in [0.3, 0.4) is 0 Å². The summed E-state index contributed by atoms with van der Waals surface area (Å²) in [6.45, 7) is 6.88. The number of sulfonamides is 1. The highest BCUT2D eigenvalue weighted by molar-refractivity contribution is 7.90. The average Bonchev–Trinajstić information content (AvgIpc) is 3.15. The standard InChI is InChI=1S/C21H27NO4S/c1-13(2)15-9-8-14(3)12-18(15)26-21(23)17-10-11-22-20(17)16-6-4-5-7-19(16)27(22,24)25/h4-7,13-15,18H,8-12H2,1-3H3/t14-,15-,18+/m1/s1. The smallest absolute Gasteiger partial charge is 0.336 e. The number of carbonyl (C=O) groups is 1. The predicted octanol–water partition coefficient (Wildman–Crippen LogP) is 3.81. The van der Waals surface area contributed by atoms with E-state index in [-0.39, 0.29) is 17.0 Å². The van der Waals surface area contributed by atoms with Gasteiger partial charge in [-0.05, 0) is 36.7 Å². The van der Waals surface area contributed by atoms with E-state index in [1.807, 2.05) is 6.07 Å². The van der Waals surface area contributed by atoms with Crippen LogP contribution in [0.5, 0.6) is 0 Å². The molecule has 2 heterocycles. The van der Waals surface area contributed by atoms with E-state index >= 15 is 0 Å². The van der Waals surface area contributed by atoms with Gasteiger partial charge in [-0.15, -0.1) is 0 Å². The number of ether oxygens (including phenoxy) is 1. The van der Waals surface area contributed by atoms with Crippen LogP contribution in [0.15, 0.2) is 34.7 Å². The van der Waals surface area contributed by atoms with Gasteiger partial charge in [0, 0.05) is 18.5 Å². The lowest BCUT2D eigenvalue weighted by atomic mass is 9.75. The van der Waals surface area contributed by atoms with Crippen molar-refractivity contribution in [1.29, 1.82) is 0 Å². The van der Waals surface area contributed by atoms with Crippen LogP contribution in [-0.4, -0.2) is 31.3 Å². The fourth-order valence-corrected chi connectivity index (χ4v) is 6.51. The summed E-state index contributed by atoms with van der Waals surface area (Å²) in [5.74, 6) is 1.03. The van der Waals surface area contributed by atoms with E-state index in [9.17, 15) is 13.2 Å². The van der Waals surface area contributed by atoms with Crippen molar-refractivity contribution in [1.82, 2.24) is 4.31 Å². The molecule has 0 radical (unpaired) electrons. The molecule has 1 aromatic rings. The van der Waals surface area contributed by atoms with Gasteiger partial charge in [-0.2, -0.15) is 0 Å². The van der Waals surface area contributed by atoms with Crippen LogP contribution in [0.2, 0.25) is 0 Å². The molecule has 0 amide bonds. The summed E-state index contributed by atoms with van der Waals surface area (Å²) >= 11 is 0. The zero-order chi connectivity index (χ0) is 19.3. The first-order valence-corrected chi connectivity index (χ1v) is 11.3. The third kappa shape index (κ3) is 2.98. The zero-order valence-electron chi connectivity index (χ0n) is 16.1. The molecule has 0 spiro atoms. The average molecular weight is 390 g/mol. The normalized spacial score (nSPS) is 29.0. The van der Waals surface area contributed by atoms with Gasteiger partial charge in [0.15, 0.2) is 0 Å². The van der Waals surface area contributed by atoms with Gasteiger partial charge in [-0.25, -0.2) is 13.2 Å². The second-order valence-corrected chi connectivity index (χ2v) is 10.3. The Morgan fingerprint density at radius 3 is 2.70 bits per heavy atom. The molecule has 5 nitrogen and oxygen atoms in total. The molecule has 0 N–H and O–H groups in total. The number of hydrogen-bond donors (Lipinski definition) is 0. The summed E-state index contributed by atoms with van der Waals surface area (Å²) in [6.07, 6.45) is 3.46. The van der Waals surface area contributed by atoms with Crippen LogP contribution in [0.4, 0.5) is 0 Å². The van der Waals surface area contributed by atoms with Crippen LogP contribution in [0.1, 0.15) is 52.0 Å². The van der Waals surface area contributed by atoms with Gasteiger partial charge in [-0.1, -0.05) is 45.4 Å². The Labute approximate surface area is 161 Å². The Morgan fingerprint density at radius 1 is 1.22 bits per heavy atom. The topological polar surface area (TPSA) is 63.7 Å². The minimum absolute atomic E-state index is 0.0864. The lowest BCUT2D eigenvalue weighted by Crippen LogP contribution is -2.36. The van der Waals surface area contributed by atoms with E-state index in [2.05, 4.69) is 20.8 Å². The highest BCUT2D eigenvalue weighted by Gasteiger charge is 2.45. The Morgan fingerprint density at radius 2 is 1.96 bits per heavy atom. The number of benzene rings is 1. The van der Waals surface area contributed by atoms with Crippen molar-refractivity contribution >= 4 is 21.7 Å². The van der Waals surface area contributed by atoms with Crippen molar-refractivity contribution in [3.63, 3.8) is 0 Å². The summed E-state index contributed by atoms with van der Waals surface area (Å²) in [4.78, 5) is 13.3. The zero-order valence-corrected chi connectivity index (χ0v) is 17.0. The molecule has 1 fully saturated rings. The molecule has 0 saturated heterocycles. The van der Waals surface area contributed by atoms with Crippen molar-refractivity contribution in [3.8, 4) is 0 Å². The third-order valence-electron chi connectivity index (χ3n) is 6.28. The monoisotopic (exact) mass is 389 g/mol. The molecule has 1 saturated carbocycles. The second-order valence-electron chi connectivity index (χ2n) is 8.42. The van der Waals surface area contributed by atoms with E-state index in [1.54, 1.807) is 18.2 Å². The minimum Gasteiger partial charge on any atom is -0.459 e. The first-order valence-electron chi connectivity index (χ1n) is 9.87. The summed E-state index contributed by atoms with van der Waals surface area (Å²) in [6, 6.07) is 6.91. The van der Waals surface area contributed by atoms with Gasteiger partial charge in [-0.3, -0.25) is 4.31 Å². The highest BCUT2D eigenvalue weighted by Crippen LogP contribution is 2.45. The van der Waals surface area contributed by atoms with E-state index in [0.29, 0.717) is 47.6 Å². The summed E-state index contributed by atoms with van der Waals surface area (Å²) in [5.41, 5.74) is 1.66. The molecule has 3 aliphatic rings. The molecular weight excluding hydrogens is 362 g/mol. The Bertz CT molecular complexity index is 903. The van der Waals surface area contributed by atoms with Crippen LogP contribution in [0.25, 0.3) is 5.70 Å². The SMILES string of the molecule is CC(C)[C@H]1CC[C@@H](C)C[C@@H]1OC(=O)C1=C2c3ccccc3S(=O)(=O)N2CC1. The number of carbonyl (C=O) groups excluding carboxylic acids is 1. The molecule has 1 aromatic carbocycles. The van der Waals surface area contributed by atoms with Gasteiger partial charge in [0.2, 0.25) is 0 Å². The molecule has 0 aromatic heterocycles. The van der Waals surface area contributed by atoms with Crippen molar-refractivity contribution in [3.05, 3.63) is 35.4 Å². The maximum absolute atomic E-state index is 13.1. The van der Waals surface area contributed by atoms with Gasteiger partial charge >= 0.3 is 5.97 Å². The first-order chi connectivity index (χ1) is 12.8. The van der Waals surface area contributed by atoms with E-state index in [4.69, 9.17) is 4.74 Å². The van der Waals surface area contributed by atoms with E-state index in [0.717, 1.165) is 12.8 Å². The molecule has 146 valence electrons. The maximum atomic E-state index is 13.1. The fraction of sp³-hybridized carbons (Fsp3) is 0.571. The number of rotatable bonds is 3. The lowest BCUT2D eigenvalue weighted by molar-refractivity contribution is -0.151. The summed E-state index contributed by atoms with van der Waals surface area (Å²) < 4.78 is 32.9. The molecule has 1 aliphatic carbocycles. The Kier molecular flexibility index (Phi) is 4.57. The summed E-state index contributed by atoms with van der Waals surface area (Å²) in [7, 11) is -3.55. The largest absolute Gasteiger partial charge is 0.459 e. The van der Waals surface area contributed by atoms with Crippen LogP contribution in [0, 0.1) is 17.8 Å². The highest BCUT2D eigenvalue weighted by atomic mass is 32.2. The minimum atomic E-state index is -3.55. The van der Waals surface area contributed by atoms with Gasteiger partial charge in [0.05, 0.1) is 16.2 Å². The number of nitrogens with zero attached hydrogens (tertiary/aromatic N) is 1. The molecule has 6 heteroatoms. The molecule has 0 bridgehead atoms. The van der Waals surface area contributed by atoms with Crippen molar-refractivity contribution in [2.24, 2.45) is 17.8 Å². The summed E-state index contributed by atoms with van der Waals surface area (Å²) in [5, 5.41) is 0. The third-order valence-corrected chi connectivity index (χ3v) is 8.13. The molecule has 0 unspecified atom stereocenters. The Balaban J connectivity index is 1.66. The van der Waals surface area contributed by atoms with E-state index < -0.39 is 10.0 Å². The van der Waals surface area contributed by atoms with Gasteiger partial charge < -0.3 is 4.74 Å². The second kappa shape index (κ2) is 6.66. The van der Waals surface area contributed by atoms with Gasteiger partial charge in [0.1, 0.15) is 6.10 Å². The molecule has 2 aliphatic heterocycles. The molecule has 27 heavy (non-hydrogen) atoms. The van der Waals surface area contributed by atoms with Crippen molar-refractivity contribution in [2.45, 2.75) is 57.5 Å². The van der Waals surface area contributed by atoms with Crippen LogP contribution < -0.4 is 0 Å². The maximum Gasteiger partial charge on any atom is 0.336 e. The molecule has 3 atom stereocenters. The quantitative estimate of drug-likeness (QED) is 0.738. The van der Waals surface area contributed by atoms with Crippen molar-refractivity contribution < 1.29 is 17.9 Å². The molecule has 4 rings (SSSR count). The molecular formula is C21H27NO4S. The fourth-order valence-electron chi connectivity index (χ4n) is 4.79. The van der Waals surface area contributed by atoms with E-state index in [1.165, 1.54) is 10.7 Å². The number of fused-ring (bicyclic) bond motifs is 3. The van der Waals surface area contributed by atoms with Crippen LogP contribution >= 0.6 is 0 Å².